The Hall–Kier alpha value is -2.67. The van der Waals surface area contributed by atoms with Crippen LogP contribution in [0.4, 0.5) is 0 Å². The molecule has 1 unspecified atom stereocenters. The van der Waals surface area contributed by atoms with Gasteiger partial charge in [0, 0.05) is 24.9 Å². The molecule has 0 saturated carbocycles. The molecule has 138 valence electrons. The molecule has 0 bridgehead atoms. The van der Waals surface area contributed by atoms with Gasteiger partial charge in [-0.05, 0) is 6.92 Å². The van der Waals surface area contributed by atoms with E-state index < -0.39 is 12.0 Å². The lowest BCUT2D eigenvalue weighted by Gasteiger charge is -2.34. The van der Waals surface area contributed by atoms with Gasteiger partial charge in [0.05, 0.1) is 31.4 Å². The number of amides is 1. The largest absolute Gasteiger partial charge is 0.481 e. The van der Waals surface area contributed by atoms with Crippen molar-refractivity contribution < 1.29 is 23.8 Å². The molecule has 1 amide bonds. The molecule has 1 aliphatic heterocycles. The lowest BCUT2D eigenvalue weighted by Crippen LogP contribution is -2.49. The summed E-state index contributed by atoms with van der Waals surface area (Å²) >= 11 is 0. The zero-order valence-corrected chi connectivity index (χ0v) is 14.7. The molecule has 0 spiro atoms. The van der Waals surface area contributed by atoms with Crippen molar-refractivity contribution in [1.82, 2.24) is 9.88 Å². The van der Waals surface area contributed by atoms with Gasteiger partial charge in [0.2, 0.25) is 5.91 Å². The summed E-state index contributed by atoms with van der Waals surface area (Å²) in [4.78, 5) is 29.5. The van der Waals surface area contributed by atoms with Crippen molar-refractivity contribution in [3.05, 3.63) is 41.9 Å². The molecule has 1 saturated heterocycles. The van der Waals surface area contributed by atoms with Crippen LogP contribution in [0.2, 0.25) is 0 Å². The van der Waals surface area contributed by atoms with Gasteiger partial charge in [-0.3, -0.25) is 9.59 Å². The fourth-order valence-corrected chi connectivity index (χ4v) is 3.13. The summed E-state index contributed by atoms with van der Waals surface area (Å²) in [5.74, 6) is 0.187. The van der Waals surface area contributed by atoms with Crippen LogP contribution in [0.5, 0.6) is 0 Å². The van der Waals surface area contributed by atoms with Crippen LogP contribution in [-0.4, -0.2) is 52.7 Å². The number of nitrogens with zero attached hydrogens (tertiary/aromatic N) is 2. The second-order valence-electron chi connectivity index (χ2n) is 6.30. The Morgan fingerprint density at radius 2 is 2.08 bits per heavy atom. The van der Waals surface area contributed by atoms with Gasteiger partial charge in [0.1, 0.15) is 0 Å². The molecule has 3 rings (SSSR count). The maximum Gasteiger partial charge on any atom is 0.305 e. The first-order chi connectivity index (χ1) is 12.5. The first-order valence-electron chi connectivity index (χ1n) is 8.65. The number of hydrogen-bond acceptors (Lipinski definition) is 5. The van der Waals surface area contributed by atoms with E-state index in [0.717, 1.165) is 11.3 Å². The number of aliphatic carboxylic acids is 1. The molecular formula is C19H22N2O5. The predicted molar refractivity (Wildman–Crippen MR) is 93.6 cm³/mol. The molecule has 0 aliphatic carbocycles. The van der Waals surface area contributed by atoms with E-state index in [1.807, 2.05) is 37.3 Å². The molecule has 1 aromatic carbocycles. The topological polar surface area (TPSA) is 92.9 Å². The molecule has 2 heterocycles. The second-order valence-corrected chi connectivity index (χ2v) is 6.30. The molecule has 1 atom stereocenters. The van der Waals surface area contributed by atoms with Gasteiger partial charge in [-0.2, -0.15) is 0 Å². The predicted octanol–water partition coefficient (Wildman–Crippen LogP) is 2.28. The molecule has 7 nitrogen and oxygen atoms in total. The minimum atomic E-state index is -0.936. The van der Waals surface area contributed by atoms with E-state index in [9.17, 15) is 9.59 Å². The second kappa shape index (κ2) is 8.14. The van der Waals surface area contributed by atoms with Crippen LogP contribution in [0, 0.1) is 6.92 Å². The van der Waals surface area contributed by atoms with Crippen LogP contribution < -0.4 is 0 Å². The van der Waals surface area contributed by atoms with E-state index in [1.54, 1.807) is 4.90 Å². The summed E-state index contributed by atoms with van der Waals surface area (Å²) in [6, 6.07) is 9.28. The normalized spacial score (nSPS) is 17.3. The van der Waals surface area contributed by atoms with Gasteiger partial charge in [-0.1, -0.05) is 30.3 Å². The van der Waals surface area contributed by atoms with E-state index in [4.69, 9.17) is 14.3 Å². The van der Waals surface area contributed by atoms with E-state index in [0.29, 0.717) is 31.2 Å². The monoisotopic (exact) mass is 358 g/mol. The number of aryl methyl sites for hydroxylation is 2. The average Bonchev–Trinajstić information content (AvgIpc) is 3.01. The highest BCUT2D eigenvalue weighted by Gasteiger charge is 2.29. The average molecular weight is 358 g/mol. The Bertz CT molecular complexity index is 771. The summed E-state index contributed by atoms with van der Waals surface area (Å²) in [6.07, 6.45) is 0.496. The summed E-state index contributed by atoms with van der Waals surface area (Å²) in [5, 5.41) is 9.00. The zero-order valence-electron chi connectivity index (χ0n) is 14.7. The number of carbonyl (C=O) groups is 2. The van der Waals surface area contributed by atoms with Crippen molar-refractivity contribution in [3.63, 3.8) is 0 Å². The fraction of sp³-hybridized carbons (Fsp3) is 0.421. The third kappa shape index (κ3) is 4.29. The third-order valence-corrected chi connectivity index (χ3v) is 4.39. The number of benzene rings is 1. The first kappa shape index (κ1) is 18.1. The Morgan fingerprint density at radius 1 is 1.31 bits per heavy atom. The molecule has 1 aromatic heterocycles. The van der Waals surface area contributed by atoms with Crippen LogP contribution in [0.3, 0.4) is 0 Å². The Balaban J connectivity index is 1.63. The van der Waals surface area contributed by atoms with E-state index in [1.165, 1.54) is 0 Å². The van der Waals surface area contributed by atoms with Crippen molar-refractivity contribution >= 4 is 11.9 Å². The quantitative estimate of drug-likeness (QED) is 0.852. The molecule has 1 fully saturated rings. The zero-order chi connectivity index (χ0) is 18.5. The molecule has 0 radical (unpaired) electrons. The van der Waals surface area contributed by atoms with Gasteiger partial charge in [-0.15, -0.1) is 0 Å². The SMILES string of the molecule is Cc1nc(CCC(=O)N2CCOCC2CC(=O)O)oc1-c1ccccc1. The van der Waals surface area contributed by atoms with Crippen LogP contribution in [0.15, 0.2) is 34.7 Å². The van der Waals surface area contributed by atoms with Crippen molar-refractivity contribution in [2.75, 3.05) is 19.8 Å². The Kier molecular flexibility index (Phi) is 5.68. The third-order valence-electron chi connectivity index (χ3n) is 4.39. The highest BCUT2D eigenvalue weighted by atomic mass is 16.5. The van der Waals surface area contributed by atoms with E-state index in [2.05, 4.69) is 4.98 Å². The maximum atomic E-state index is 12.5. The maximum absolute atomic E-state index is 12.5. The van der Waals surface area contributed by atoms with Crippen LogP contribution in [0.25, 0.3) is 11.3 Å². The number of carbonyl (C=O) groups excluding carboxylic acids is 1. The van der Waals surface area contributed by atoms with Crippen LogP contribution >= 0.6 is 0 Å². The minimum absolute atomic E-state index is 0.100. The number of ether oxygens (including phenoxy) is 1. The Morgan fingerprint density at radius 3 is 2.81 bits per heavy atom. The fourth-order valence-electron chi connectivity index (χ4n) is 3.13. The van der Waals surface area contributed by atoms with Gasteiger partial charge in [0.25, 0.3) is 0 Å². The molecule has 1 aliphatic rings. The van der Waals surface area contributed by atoms with Crippen molar-refractivity contribution in [1.29, 1.82) is 0 Å². The summed E-state index contributed by atoms with van der Waals surface area (Å²) in [6.45, 7) is 2.98. The number of rotatable bonds is 6. The van der Waals surface area contributed by atoms with Crippen LogP contribution in [0.1, 0.15) is 24.4 Å². The number of oxazole rings is 1. The number of hydrogen-bond donors (Lipinski definition) is 1. The Labute approximate surface area is 151 Å². The highest BCUT2D eigenvalue weighted by Crippen LogP contribution is 2.25. The van der Waals surface area contributed by atoms with Crippen LogP contribution in [-0.2, 0) is 20.7 Å². The van der Waals surface area contributed by atoms with Gasteiger partial charge in [0.15, 0.2) is 11.7 Å². The van der Waals surface area contributed by atoms with Gasteiger partial charge >= 0.3 is 5.97 Å². The molecule has 1 N–H and O–H groups in total. The highest BCUT2D eigenvalue weighted by molar-refractivity contribution is 5.78. The smallest absolute Gasteiger partial charge is 0.305 e. The minimum Gasteiger partial charge on any atom is -0.481 e. The standard InChI is InChI=1S/C19H22N2O5/c1-13-19(14-5-3-2-4-6-14)26-16(20-13)7-8-17(22)21-9-10-25-12-15(21)11-18(23)24/h2-6,15H,7-12H2,1H3,(H,23,24). The summed E-state index contributed by atoms with van der Waals surface area (Å²) < 4.78 is 11.1. The van der Waals surface area contributed by atoms with E-state index in [-0.39, 0.29) is 25.4 Å². The van der Waals surface area contributed by atoms with Crippen molar-refractivity contribution in [2.45, 2.75) is 32.2 Å². The van der Waals surface area contributed by atoms with Crippen molar-refractivity contribution in [3.8, 4) is 11.3 Å². The lowest BCUT2D eigenvalue weighted by atomic mass is 10.1. The first-order valence-corrected chi connectivity index (χ1v) is 8.65. The summed E-state index contributed by atoms with van der Waals surface area (Å²) in [7, 11) is 0. The number of carboxylic acid groups (broad SMARTS) is 1. The molecule has 2 aromatic rings. The van der Waals surface area contributed by atoms with Gasteiger partial charge < -0.3 is 19.2 Å². The number of aromatic nitrogens is 1. The summed E-state index contributed by atoms with van der Waals surface area (Å²) in [5.41, 5.74) is 1.73. The lowest BCUT2D eigenvalue weighted by molar-refractivity contribution is -0.146. The molecular weight excluding hydrogens is 336 g/mol. The van der Waals surface area contributed by atoms with E-state index >= 15 is 0 Å². The van der Waals surface area contributed by atoms with Gasteiger partial charge in [-0.25, -0.2) is 4.98 Å². The number of morpholine rings is 1. The molecule has 7 heteroatoms. The van der Waals surface area contributed by atoms with Crippen molar-refractivity contribution in [2.24, 2.45) is 0 Å². The molecule has 26 heavy (non-hydrogen) atoms. The number of carboxylic acids is 1.